The summed E-state index contributed by atoms with van der Waals surface area (Å²) in [6.07, 6.45) is 1.17. The molecule has 0 aromatic heterocycles. The van der Waals surface area contributed by atoms with Crippen LogP contribution in [-0.4, -0.2) is 37.0 Å². The van der Waals surface area contributed by atoms with Crippen LogP contribution in [0.5, 0.6) is 0 Å². The third kappa shape index (κ3) is 3.60. The second-order valence-corrected chi connectivity index (χ2v) is 7.64. The molecule has 0 spiro atoms. The number of rotatable bonds is 5. The Labute approximate surface area is 112 Å². The lowest BCUT2D eigenvalue weighted by Gasteiger charge is -2.23. The number of hydrogen-bond donors (Lipinski definition) is 3. The molecule has 106 valence electrons. The van der Waals surface area contributed by atoms with Gasteiger partial charge in [-0.15, -0.1) is 0 Å². The molecular weight excluding hydrogens is 268 g/mol. The first-order valence-corrected chi connectivity index (χ1v) is 7.50. The molecule has 19 heavy (non-hydrogen) atoms. The number of nitrogens with one attached hydrogen (secondary N) is 1. The highest BCUT2D eigenvalue weighted by molar-refractivity contribution is 7.92. The lowest BCUT2D eigenvalue weighted by molar-refractivity contribution is 0.0698. The topological polar surface area (TPSA) is 109 Å². The van der Waals surface area contributed by atoms with Gasteiger partial charge < -0.3 is 16.2 Å². The average molecular weight is 286 g/mol. The van der Waals surface area contributed by atoms with Crippen molar-refractivity contribution in [2.45, 2.75) is 18.6 Å². The van der Waals surface area contributed by atoms with Crippen LogP contribution in [0, 0.1) is 0 Å². The van der Waals surface area contributed by atoms with Gasteiger partial charge in [0.05, 0.1) is 10.3 Å². The minimum absolute atomic E-state index is 0.0119. The molecule has 0 unspecified atom stereocenters. The van der Waals surface area contributed by atoms with Gasteiger partial charge in [0.1, 0.15) is 0 Å². The van der Waals surface area contributed by atoms with Crippen molar-refractivity contribution in [2.75, 3.05) is 23.9 Å². The molecule has 0 aliphatic rings. The second kappa shape index (κ2) is 5.08. The quantitative estimate of drug-likeness (QED) is 0.702. The van der Waals surface area contributed by atoms with Crippen LogP contribution in [-0.2, 0) is 9.84 Å². The third-order valence-electron chi connectivity index (χ3n) is 3.01. The summed E-state index contributed by atoms with van der Waals surface area (Å²) < 4.78 is 22.2. The first-order valence-electron chi connectivity index (χ1n) is 5.61. The molecule has 0 fully saturated rings. The number of nitrogens with two attached hydrogens (primary N) is 1. The SMILES string of the molecule is CC(C)(CNc1ccc(N)c(C(=O)O)c1)S(C)(=O)=O. The fourth-order valence-corrected chi connectivity index (χ4v) is 1.63. The molecule has 0 saturated carbocycles. The Bertz CT molecular complexity index is 594. The molecular formula is C12H18N2O4S. The average Bonchev–Trinajstić information content (AvgIpc) is 2.26. The van der Waals surface area contributed by atoms with Crippen LogP contribution in [0.15, 0.2) is 18.2 Å². The zero-order valence-corrected chi connectivity index (χ0v) is 11.9. The lowest BCUT2D eigenvalue weighted by atomic mass is 10.1. The maximum absolute atomic E-state index is 11.5. The third-order valence-corrected chi connectivity index (χ3v) is 5.16. The summed E-state index contributed by atoms with van der Waals surface area (Å²) >= 11 is 0. The predicted octanol–water partition coefficient (Wildman–Crippen LogP) is 1.20. The maximum atomic E-state index is 11.5. The van der Waals surface area contributed by atoms with Gasteiger partial charge in [0.15, 0.2) is 9.84 Å². The van der Waals surface area contributed by atoms with E-state index in [1.54, 1.807) is 19.9 Å². The molecule has 0 aliphatic heterocycles. The van der Waals surface area contributed by atoms with Gasteiger partial charge in [-0.25, -0.2) is 13.2 Å². The Morgan fingerprint density at radius 1 is 1.42 bits per heavy atom. The van der Waals surface area contributed by atoms with Crippen molar-refractivity contribution in [2.24, 2.45) is 0 Å². The van der Waals surface area contributed by atoms with E-state index < -0.39 is 20.6 Å². The van der Waals surface area contributed by atoms with Crippen molar-refractivity contribution in [1.29, 1.82) is 0 Å². The van der Waals surface area contributed by atoms with Gasteiger partial charge in [0, 0.05) is 24.2 Å². The van der Waals surface area contributed by atoms with Crippen LogP contribution in [0.25, 0.3) is 0 Å². The summed E-state index contributed by atoms with van der Waals surface area (Å²) in [5.74, 6) is -1.12. The fraction of sp³-hybridized carbons (Fsp3) is 0.417. The number of aromatic carboxylic acids is 1. The number of carboxylic acid groups (broad SMARTS) is 1. The summed E-state index contributed by atoms with van der Waals surface area (Å²) in [5.41, 5.74) is 6.21. The van der Waals surface area contributed by atoms with Gasteiger partial charge in [0.2, 0.25) is 0 Å². The molecule has 0 atom stereocenters. The molecule has 0 amide bonds. The number of carbonyl (C=O) groups is 1. The van der Waals surface area contributed by atoms with Gasteiger partial charge in [-0.2, -0.15) is 0 Å². The van der Waals surface area contributed by atoms with E-state index in [1.807, 2.05) is 0 Å². The predicted molar refractivity (Wildman–Crippen MR) is 75.2 cm³/mol. The van der Waals surface area contributed by atoms with E-state index in [0.717, 1.165) is 0 Å². The molecule has 4 N–H and O–H groups in total. The maximum Gasteiger partial charge on any atom is 0.337 e. The normalized spacial score (nSPS) is 12.2. The van der Waals surface area contributed by atoms with Gasteiger partial charge in [0.25, 0.3) is 0 Å². The number of nitrogen functional groups attached to an aromatic ring is 1. The highest BCUT2D eigenvalue weighted by atomic mass is 32.2. The van der Waals surface area contributed by atoms with E-state index in [1.165, 1.54) is 18.4 Å². The Morgan fingerprint density at radius 3 is 2.47 bits per heavy atom. The zero-order valence-electron chi connectivity index (χ0n) is 11.1. The smallest absolute Gasteiger partial charge is 0.337 e. The van der Waals surface area contributed by atoms with Crippen molar-refractivity contribution in [3.63, 3.8) is 0 Å². The van der Waals surface area contributed by atoms with Crippen LogP contribution in [0.2, 0.25) is 0 Å². The van der Waals surface area contributed by atoms with E-state index in [4.69, 9.17) is 10.8 Å². The number of benzene rings is 1. The highest BCUT2D eigenvalue weighted by Crippen LogP contribution is 2.20. The van der Waals surface area contributed by atoms with Crippen molar-refractivity contribution < 1.29 is 18.3 Å². The number of anilines is 2. The van der Waals surface area contributed by atoms with Gasteiger partial charge >= 0.3 is 5.97 Å². The van der Waals surface area contributed by atoms with Crippen LogP contribution < -0.4 is 11.1 Å². The van der Waals surface area contributed by atoms with E-state index in [9.17, 15) is 13.2 Å². The fourth-order valence-electron chi connectivity index (χ4n) is 1.30. The Kier molecular flexibility index (Phi) is 4.09. The van der Waals surface area contributed by atoms with Crippen molar-refractivity contribution >= 4 is 27.2 Å². The van der Waals surface area contributed by atoms with E-state index in [0.29, 0.717) is 5.69 Å². The number of hydrogen-bond acceptors (Lipinski definition) is 5. The monoisotopic (exact) mass is 286 g/mol. The van der Waals surface area contributed by atoms with E-state index >= 15 is 0 Å². The largest absolute Gasteiger partial charge is 0.478 e. The van der Waals surface area contributed by atoms with Crippen molar-refractivity contribution in [1.82, 2.24) is 0 Å². The zero-order chi connectivity index (χ0) is 14.8. The minimum atomic E-state index is -3.21. The van der Waals surface area contributed by atoms with E-state index in [-0.39, 0.29) is 17.8 Å². The lowest BCUT2D eigenvalue weighted by Crippen LogP contribution is -2.38. The Balaban J connectivity index is 2.91. The summed E-state index contributed by atoms with van der Waals surface area (Å²) in [4.78, 5) is 10.9. The molecule has 0 radical (unpaired) electrons. The first-order chi connectivity index (χ1) is 8.54. The van der Waals surface area contributed by atoms with Crippen LogP contribution in [0.3, 0.4) is 0 Å². The summed E-state index contributed by atoms with van der Waals surface area (Å²) in [6, 6.07) is 4.47. The standard InChI is InChI=1S/C12H18N2O4S/c1-12(2,19(3,17)18)7-14-8-4-5-10(13)9(6-8)11(15)16/h4-6,14H,7,13H2,1-3H3,(H,15,16). The number of sulfone groups is 1. The molecule has 0 heterocycles. The Hall–Kier alpha value is -1.76. The summed E-state index contributed by atoms with van der Waals surface area (Å²) in [5, 5.41) is 11.9. The Morgan fingerprint density at radius 2 is 2.00 bits per heavy atom. The van der Waals surface area contributed by atoms with Crippen LogP contribution in [0.1, 0.15) is 24.2 Å². The molecule has 0 aliphatic carbocycles. The summed E-state index contributed by atoms with van der Waals surface area (Å²) in [6.45, 7) is 3.38. The minimum Gasteiger partial charge on any atom is -0.478 e. The van der Waals surface area contributed by atoms with Crippen molar-refractivity contribution in [3.05, 3.63) is 23.8 Å². The molecule has 0 saturated heterocycles. The first kappa shape index (κ1) is 15.3. The van der Waals surface area contributed by atoms with Crippen molar-refractivity contribution in [3.8, 4) is 0 Å². The molecule has 1 aromatic rings. The molecule has 7 heteroatoms. The van der Waals surface area contributed by atoms with Gasteiger partial charge in [-0.3, -0.25) is 0 Å². The van der Waals surface area contributed by atoms with Gasteiger partial charge in [-0.05, 0) is 32.0 Å². The van der Waals surface area contributed by atoms with Crippen LogP contribution in [0.4, 0.5) is 11.4 Å². The van der Waals surface area contributed by atoms with E-state index in [2.05, 4.69) is 5.32 Å². The molecule has 1 rings (SSSR count). The van der Waals surface area contributed by atoms with Crippen LogP contribution >= 0.6 is 0 Å². The van der Waals surface area contributed by atoms with Gasteiger partial charge in [-0.1, -0.05) is 0 Å². The molecule has 1 aromatic carbocycles. The second-order valence-electron chi connectivity index (χ2n) is 4.99. The number of carboxylic acids is 1. The highest BCUT2D eigenvalue weighted by Gasteiger charge is 2.29. The molecule has 0 bridgehead atoms. The summed E-state index contributed by atoms with van der Waals surface area (Å²) in [7, 11) is -3.21. The molecule has 6 nitrogen and oxygen atoms in total.